The van der Waals surface area contributed by atoms with Crippen LogP contribution in [0.5, 0.6) is 0 Å². The molecule has 120 valence electrons. The summed E-state index contributed by atoms with van der Waals surface area (Å²) in [6.45, 7) is 7.83. The van der Waals surface area contributed by atoms with E-state index < -0.39 is 18.3 Å². The molecule has 1 aliphatic heterocycles. The van der Waals surface area contributed by atoms with Gasteiger partial charge in [-0.2, -0.15) is 0 Å². The van der Waals surface area contributed by atoms with E-state index in [1.807, 2.05) is 64.1 Å². The van der Waals surface area contributed by atoms with E-state index in [0.717, 1.165) is 5.56 Å². The van der Waals surface area contributed by atoms with Crippen LogP contribution in [-0.4, -0.2) is 18.3 Å². The van der Waals surface area contributed by atoms with Crippen LogP contribution in [-0.2, 0) is 9.31 Å². The van der Waals surface area contributed by atoms with Crippen molar-refractivity contribution in [3.63, 3.8) is 0 Å². The van der Waals surface area contributed by atoms with Crippen molar-refractivity contribution in [1.29, 1.82) is 0 Å². The van der Waals surface area contributed by atoms with Crippen LogP contribution in [0.1, 0.15) is 27.7 Å². The zero-order chi connectivity index (χ0) is 16.8. The van der Waals surface area contributed by atoms with E-state index in [1.165, 1.54) is 0 Å². The molecule has 2 aromatic rings. The van der Waals surface area contributed by atoms with E-state index in [9.17, 15) is 0 Å². The number of hydrogen-bond acceptors (Lipinski definition) is 2. The number of halogens is 2. The third-order valence-electron chi connectivity index (χ3n) is 4.70. The van der Waals surface area contributed by atoms with Crippen LogP contribution in [0.15, 0.2) is 46.9 Å². The molecule has 5 heteroatoms. The molecule has 0 radical (unpaired) electrons. The first-order valence-corrected chi connectivity index (χ1v) is 8.41. The van der Waals surface area contributed by atoms with E-state index >= 15 is 4.39 Å². The first-order chi connectivity index (χ1) is 10.7. The Hall–Kier alpha value is -1.17. The normalized spacial score (nSPS) is 19.1. The van der Waals surface area contributed by atoms with Crippen molar-refractivity contribution in [1.82, 2.24) is 0 Å². The van der Waals surface area contributed by atoms with Gasteiger partial charge < -0.3 is 9.31 Å². The Morgan fingerprint density at radius 2 is 1.48 bits per heavy atom. The fourth-order valence-corrected chi connectivity index (χ4v) is 3.08. The topological polar surface area (TPSA) is 18.5 Å². The Kier molecular flexibility index (Phi) is 4.15. The summed E-state index contributed by atoms with van der Waals surface area (Å²) in [5.74, 6) is -0.316. The molecular weight excluding hydrogens is 358 g/mol. The van der Waals surface area contributed by atoms with Gasteiger partial charge >= 0.3 is 7.12 Å². The van der Waals surface area contributed by atoms with Crippen molar-refractivity contribution in [2.45, 2.75) is 38.9 Å². The summed E-state index contributed by atoms with van der Waals surface area (Å²) in [5.41, 5.74) is 0.761. The second kappa shape index (κ2) is 5.73. The Morgan fingerprint density at radius 1 is 0.913 bits per heavy atom. The minimum absolute atomic E-state index is 0.316. The second-order valence-corrected chi connectivity index (χ2v) is 7.63. The van der Waals surface area contributed by atoms with Gasteiger partial charge in [-0.3, -0.25) is 0 Å². The van der Waals surface area contributed by atoms with E-state index in [1.54, 1.807) is 6.07 Å². The predicted octanol–water partition coefficient (Wildman–Crippen LogP) is 4.55. The molecular formula is C18H19BBrFO2. The van der Waals surface area contributed by atoms with Gasteiger partial charge in [-0.25, -0.2) is 4.39 Å². The van der Waals surface area contributed by atoms with Gasteiger partial charge in [-0.15, -0.1) is 0 Å². The van der Waals surface area contributed by atoms with Crippen molar-refractivity contribution in [2.24, 2.45) is 0 Å². The third kappa shape index (κ3) is 2.86. The molecule has 2 nitrogen and oxygen atoms in total. The predicted molar refractivity (Wildman–Crippen MR) is 95.3 cm³/mol. The van der Waals surface area contributed by atoms with E-state index in [0.29, 0.717) is 15.5 Å². The Labute approximate surface area is 145 Å². The van der Waals surface area contributed by atoms with Crippen LogP contribution in [0.2, 0.25) is 0 Å². The average Bonchev–Trinajstić information content (AvgIpc) is 2.68. The Bertz CT molecular complexity index is 715. The quantitative estimate of drug-likeness (QED) is 0.715. The summed E-state index contributed by atoms with van der Waals surface area (Å²) < 4.78 is 27.9. The van der Waals surface area contributed by atoms with Crippen molar-refractivity contribution < 1.29 is 13.7 Å². The van der Waals surface area contributed by atoms with Gasteiger partial charge in [-0.1, -0.05) is 52.3 Å². The number of rotatable bonds is 2. The molecule has 0 aliphatic carbocycles. The van der Waals surface area contributed by atoms with Gasteiger partial charge in [0.25, 0.3) is 0 Å². The molecule has 1 saturated heterocycles. The molecule has 1 fully saturated rings. The highest BCUT2D eigenvalue weighted by atomic mass is 79.9. The summed E-state index contributed by atoms with van der Waals surface area (Å²) in [6.07, 6.45) is 0. The molecule has 0 bridgehead atoms. The van der Waals surface area contributed by atoms with Crippen LogP contribution in [0.3, 0.4) is 0 Å². The van der Waals surface area contributed by atoms with Gasteiger partial charge in [0.2, 0.25) is 0 Å². The molecule has 2 aromatic carbocycles. The number of benzene rings is 2. The molecule has 1 aliphatic rings. The van der Waals surface area contributed by atoms with Crippen molar-refractivity contribution in [3.05, 3.63) is 52.8 Å². The van der Waals surface area contributed by atoms with Crippen molar-refractivity contribution in [3.8, 4) is 11.1 Å². The monoisotopic (exact) mass is 376 g/mol. The molecule has 0 atom stereocenters. The van der Waals surface area contributed by atoms with Crippen LogP contribution < -0.4 is 5.46 Å². The van der Waals surface area contributed by atoms with E-state index in [2.05, 4.69) is 15.9 Å². The minimum atomic E-state index is -0.738. The highest BCUT2D eigenvalue weighted by Crippen LogP contribution is 2.38. The lowest BCUT2D eigenvalue weighted by molar-refractivity contribution is 0.00578. The fraction of sp³-hybridized carbons (Fsp3) is 0.333. The molecule has 0 amide bonds. The third-order valence-corrected chi connectivity index (χ3v) is 5.39. The lowest BCUT2D eigenvalue weighted by atomic mass is 9.77. The standard InChI is InChI=1S/C18H19BBrFO2/c1-17(2)18(3,4)23-19(22-17)15-14(20)11-10-13(16(15)21)12-8-6-5-7-9-12/h5-11H,1-4H3. The zero-order valence-electron chi connectivity index (χ0n) is 13.7. The molecule has 0 aromatic heterocycles. The van der Waals surface area contributed by atoms with Crippen molar-refractivity contribution in [2.75, 3.05) is 0 Å². The molecule has 0 saturated carbocycles. The van der Waals surface area contributed by atoms with Crippen LogP contribution in [0.25, 0.3) is 11.1 Å². The van der Waals surface area contributed by atoms with Gasteiger partial charge in [0.05, 0.1) is 11.2 Å². The lowest BCUT2D eigenvalue weighted by Crippen LogP contribution is -2.41. The van der Waals surface area contributed by atoms with Crippen LogP contribution >= 0.6 is 15.9 Å². The van der Waals surface area contributed by atoms with Gasteiger partial charge in [0.15, 0.2) is 0 Å². The maximum atomic E-state index is 15.2. The van der Waals surface area contributed by atoms with Crippen molar-refractivity contribution >= 4 is 28.5 Å². The molecule has 0 N–H and O–H groups in total. The maximum Gasteiger partial charge on any atom is 0.499 e. The summed E-state index contributed by atoms with van der Waals surface area (Å²) in [7, 11) is -0.738. The first kappa shape index (κ1) is 16.7. The molecule has 0 unspecified atom stereocenters. The lowest BCUT2D eigenvalue weighted by Gasteiger charge is -2.32. The SMILES string of the molecule is CC1(C)OB(c2c(Br)ccc(-c3ccccc3)c2F)OC1(C)C. The molecule has 0 spiro atoms. The Morgan fingerprint density at radius 3 is 2.04 bits per heavy atom. The molecule has 1 heterocycles. The Balaban J connectivity index is 2.08. The number of hydrogen-bond donors (Lipinski definition) is 0. The van der Waals surface area contributed by atoms with Gasteiger partial charge in [0.1, 0.15) is 5.82 Å². The first-order valence-electron chi connectivity index (χ1n) is 7.62. The fourth-order valence-electron chi connectivity index (χ4n) is 2.59. The second-order valence-electron chi connectivity index (χ2n) is 6.78. The highest BCUT2D eigenvalue weighted by molar-refractivity contribution is 9.10. The summed E-state index contributed by atoms with van der Waals surface area (Å²) in [4.78, 5) is 0. The zero-order valence-corrected chi connectivity index (χ0v) is 15.3. The van der Waals surface area contributed by atoms with Gasteiger partial charge in [0, 0.05) is 15.5 Å². The summed E-state index contributed by atoms with van der Waals surface area (Å²) in [5, 5.41) is 0. The molecule has 3 rings (SSSR count). The van der Waals surface area contributed by atoms with E-state index in [4.69, 9.17) is 9.31 Å². The van der Waals surface area contributed by atoms with Crippen LogP contribution in [0.4, 0.5) is 4.39 Å². The smallest absolute Gasteiger partial charge is 0.399 e. The summed E-state index contributed by atoms with van der Waals surface area (Å²) >= 11 is 3.44. The molecule has 23 heavy (non-hydrogen) atoms. The van der Waals surface area contributed by atoms with Gasteiger partial charge in [-0.05, 0) is 39.3 Å². The average molecular weight is 377 g/mol. The van der Waals surface area contributed by atoms with E-state index in [-0.39, 0.29) is 5.82 Å². The highest BCUT2D eigenvalue weighted by Gasteiger charge is 2.53. The summed E-state index contributed by atoms with van der Waals surface area (Å²) in [6, 6.07) is 13.1. The maximum absolute atomic E-state index is 15.2. The van der Waals surface area contributed by atoms with Crippen LogP contribution in [0, 0.1) is 5.82 Å². The minimum Gasteiger partial charge on any atom is -0.399 e. The largest absolute Gasteiger partial charge is 0.499 e.